The van der Waals surface area contributed by atoms with Gasteiger partial charge in [0.25, 0.3) is 0 Å². The average molecular weight is 125 g/mol. The Hall–Kier alpha value is 0.00948. The van der Waals surface area contributed by atoms with Gasteiger partial charge in [-0.25, -0.2) is 0 Å². The Kier molecular flexibility index (Phi) is 5.02. The molecule has 0 bridgehead atoms. The molecule has 0 aromatic carbocycles. The summed E-state index contributed by atoms with van der Waals surface area (Å²) in [6.45, 7) is 2.08. The van der Waals surface area contributed by atoms with Crippen LogP contribution in [0.1, 0.15) is 13.3 Å². The van der Waals surface area contributed by atoms with Crippen LogP contribution < -0.4 is 0 Å². The van der Waals surface area contributed by atoms with Crippen molar-refractivity contribution in [3.05, 3.63) is 0 Å². The Bertz CT molecular complexity index is 55.1. The zero-order valence-corrected chi connectivity index (χ0v) is 4.82. The number of nitriles is 1. The fraction of sp³-hybridized carbons (Fsp3) is 0.750. The van der Waals surface area contributed by atoms with Crippen LogP contribution in [0.2, 0.25) is 5.32 Å². The molecule has 6 heavy (non-hydrogen) atoms. The van der Waals surface area contributed by atoms with Gasteiger partial charge in [0.05, 0.1) is 0 Å². The first-order valence-electron chi connectivity index (χ1n) is 1.86. The van der Waals surface area contributed by atoms with Crippen molar-refractivity contribution in [2.45, 2.75) is 18.7 Å². The minimum atomic E-state index is 0.719. The molecule has 0 amide bonds. The van der Waals surface area contributed by atoms with Crippen LogP contribution in [-0.4, -0.2) is 0 Å². The quantitative estimate of drug-likeness (QED) is 0.404. The fourth-order valence-corrected chi connectivity index (χ4v) is 0.527. The Morgan fingerprint density at radius 2 is 2.50 bits per heavy atom. The maximum atomic E-state index is 7.95. The summed E-state index contributed by atoms with van der Waals surface area (Å²) in [5.41, 5.74) is 0. The minimum absolute atomic E-state index is 0.719. The molecule has 0 N–H and O–H groups in total. The summed E-state index contributed by atoms with van der Waals surface area (Å²) in [5.74, 6) is 0. The molecule has 36 valence electrons. The molecule has 0 aliphatic heterocycles. The summed E-state index contributed by atoms with van der Waals surface area (Å²) >= 11 is 0.719. The zero-order valence-electron chi connectivity index (χ0n) is 3.71. The summed E-state index contributed by atoms with van der Waals surface area (Å²) in [6, 6.07) is 0. The predicted molar refractivity (Wildman–Crippen MR) is 20.7 cm³/mol. The van der Waals surface area contributed by atoms with Crippen molar-refractivity contribution in [1.82, 2.24) is 0 Å². The molecule has 0 aliphatic rings. The van der Waals surface area contributed by atoms with Crippen LogP contribution in [0.15, 0.2) is 0 Å². The third-order valence-electron chi connectivity index (χ3n) is 0.321. The molecule has 1 nitrogen and oxygen atoms in total. The SMILES string of the molecule is CC[CH2][Fe][C]#N. The zero-order chi connectivity index (χ0) is 4.83. The van der Waals surface area contributed by atoms with Crippen molar-refractivity contribution in [3.8, 4) is 4.97 Å². The van der Waals surface area contributed by atoms with E-state index < -0.39 is 0 Å². The second-order valence-corrected chi connectivity index (χ2v) is 2.07. The summed E-state index contributed by atoms with van der Waals surface area (Å²) in [6.07, 6.45) is 1.13. The van der Waals surface area contributed by atoms with Crippen molar-refractivity contribution < 1.29 is 15.0 Å². The van der Waals surface area contributed by atoms with Crippen molar-refractivity contribution in [2.75, 3.05) is 0 Å². The molecule has 0 aromatic heterocycles. The Balaban J connectivity index is 2.54. The molecular weight excluding hydrogens is 118 g/mol. The predicted octanol–water partition coefficient (Wildman–Crippen LogP) is 1.38. The van der Waals surface area contributed by atoms with E-state index in [0.717, 1.165) is 26.7 Å². The van der Waals surface area contributed by atoms with E-state index in [-0.39, 0.29) is 0 Å². The average Bonchev–Trinajstić information content (AvgIpc) is 1.61. The molecule has 0 heterocycles. The van der Waals surface area contributed by atoms with Gasteiger partial charge in [0, 0.05) is 0 Å². The van der Waals surface area contributed by atoms with Gasteiger partial charge in [-0.2, -0.15) is 0 Å². The first-order chi connectivity index (χ1) is 2.91. The van der Waals surface area contributed by atoms with Gasteiger partial charge in [-0.05, 0) is 0 Å². The monoisotopic (exact) mass is 125 g/mol. The molecule has 0 spiro atoms. The first-order valence-corrected chi connectivity index (χ1v) is 3.19. The molecule has 0 rings (SSSR count). The molecule has 0 saturated carbocycles. The summed E-state index contributed by atoms with van der Waals surface area (Å²) in [4.78, 5) is 2.07. The molecule has 0 radical (unpaired) electrons. The van der Waals surface area contributed by atoms with E-state index in [1.54, 1.807) is 0 Å². The molecule has 0 atom stereocenters. The van der Waals surface area contributed by atoms with Crippen LogP contribution in [0.4, 0.5) is 0 Å². The molecule has 0 saturated heterocycles. The standard InChI is InChI=1S/C3H7.CN.Fe/c1-3-2;1-2;/h1,3H2,2H3;;. The van der Waals surface area contributed by atoms with E-state index in [2.05, 4.69) is 11.9 Å². The topological polar surface area (TPSA) is 23.8 Å². The van der Waals surface area contributed by atoms with Gasteiger partial charge in [-0.1, -0.05) is 0 Å². The Labute approximate surface area is 44.5 Å². The van der Waals surface area contributed by atoms with Gasteiger partial charge in [0.1, 0.15) is 0 Å². The second-order valence-electron chi connectivity index (χ2n) is 0.881. The van der Waals surface area contributed by atoms with Crippen molar-refractivity contribution in [3.63, 3.8) is 0 Å². The number of rotatable bonds is 2. The van der Waals surface area contributed by atoms with Crippen LogP contribution in [0.25, 0.3) is 0 Å². The molecular formula is C4H7FeN. The van der Waals surface area contributed by atoms with Crippen molar-refractivity contribution in [2.24, 2.45) is 0 Å². The summed E-state index contributed by atoms with van der Waals surface area (Å²) < 4.78 is 0. The van der Waals surface area contributed by atoms with Gasteiger partial charge in [0.15, 0.2) is 0 Å². The van der Waals surface area contributed by atoms with Crippen LogP contribution >= 0.6 is 0 Å². The van der Waals surface area contributed by atoms with Crippen molar-refractivity contribution in [1.29, 1.82) is 5.26 Å². The van der Waals surface area contributed by atoms with Crippen LogP contribution in [0.5, 0.6) is 0 Å². The van der Waals surface area contributed by atoms with Gasteiger partial charge >= 0.3 is 43.9 Å². The van der Waals surface area contributed by atoms with E-state index >= 15 is 0 Å². The first kappa shape index (κ1) is 6.01. The Morgan fingerprint density at radius 1 is 1.83 bits per heavy atom. The van der Waals surface area contributed by atoms with E-state index in [1.165, 1.54) is 0 Å². The van der Waals surface area contributed by atoms with Crippen LogP contribution in [0, 0.1) is 10.2 Å². The van der Waals surface area contributed by atoms with Gasteiger partial charge < -0.3 is 0 Å². The maximum absolute atomic E-state index is 7.95. The third kappa shape index (κ3) is 4.01. The number of hydrogen-bond donors (Lipinski definition) is 0. The van der Waals surface area contributed by atoms with E-state index in [0.29, 0.717) is 0 Å². The molecule has 2 heteroatoms. The third-order valence-corrected chi connectivity index (χ3v) is 1.32. The molecule has 0 unspecified atom stereocenters. The summed E-state index contributed by atoms with van der Waals surface area (Å²) in [7, 11) is 0. The van der Waals surface area contributed by atoms with Gasteiger partial charge in [-0.3, -0.25) is 0 Å². The van der Waals surface area contributed by atoms with Crippen LogP contribution in [-0.2, 0) is 15.0 Å². The summed E-state index contributed by atoms with van der Waals surface area (Å²) in [5, 5.41) is 9.00. The van der Waals surface area contributed by atoms with E-state index in [4.69, 9.17) is 5.26 Å². The Morgan fingerprint density at radius 3 is 2.67 bits per heavy atom. The van der Waals surface area contributed by atoms with Crippen molar-refractivity contribution >= 4 is 0 Å². The fourth-order valence-electron chi connectivity index (χ4n) is 0.128. The van der Waals surface area contributed by atoms with E-state index in [9.17, 15) is 0 Å². The molecule has 0 aliphatic carbocycles. The van der Waals surface area contributed by atoms with E-state index in [1.807, 2.05) is 0 Å². The molecule has 0 fully saturated rings. The number of hydrogen-bond acceptors (Lipinski definition) is 1. The normalized spacial score (nSPS) is 8.00. The molecule has 0 aromatic rings. The van der Waals surface area contributed by atoms with Gasteiger partial charge in [0.2, 0.25) is 0 Å². The number of nitrogens with zero attached hydrogens (tertiary/aromatic N) is 1. The van der Waals surface area contributed by atoms with Gasteiger partial charge in [-0.15, -0.1) is 0 Å². The second kappa shape index (κ2) is 5.01. The van der Waals surface area contributed by atoms with Crippen LogP contribution in [0.3, 0.4) is 0 Å².